The van der Waals surface area contributed by atoms with Crippen LogP contribution in [0.4, 0.5) is 10.1 Å². The van der Waals surface area contributed by atoms with Crippen molar-refractivity contribution in [1.29, 1.82) is 0 Å². The zero-order valence-electron chi connectivity index (χ0n) is 10.2. The van der Waals surface area contributed by atoms with Crippen LogP contribution in [0.15, 0.2) is 29.2 Å². The predicted octanol–water partition coefficient (Wildman–Crippen LogP) is 2.98. The highest BCUT2D eigenvalue weighted by atomic mass is 35.5. The van der Waals surface area contributed by atoms with E-state index in [1.165, 1.54) is 12.1 Å². The molecule has 2 aromatic rings. The van der Waals surface area contributed by atoms with E-state index in [-0.39, 0.29) is 21.6 Å². The van der Waals surface area contributed by atoms with Crippen molar-refractivity contribution in [2.75, 3.05) is 5.32 Å². The molecule has 1 aromatic heterocycles. The predicted molar refractivity (Wildman–Crippen MR) is 78.6 cm³/mol. The number of halogens is 4. The van der Waals surface area contributed by atoms with Crippen LogP contribution in [-0.4, -0.2) is 15.7 Å². The molecule has 0 aliphatic carbocycles. The Labute approximate surface area is 133 Å². The molecule has 0 saturated carbocycles. The van der Waals surface area contributed by atoms with Crippen LogP contribution in [0.3, 0.4) is 0 Å². The molecule has 2 rings (SSSR count). The van der Waals surface area contributed by atoms with E-state index in [0.717, 1.165) is 16.9 Å². The van der Waals surface area contributed by atoms with Gasteiger partial charge in [-0.3, -0.25) is 9.59 Å². The molecule has 0 bridgehead atoms. The third-order valence-corrected chi connectivity index (χ3v) is 3.48. The van der Waals surface area contributed by atoms with Gasteiger partial charge >= 0.3 is 0 Å². The maximum atomic E-state index is 13.0. The quantitative estimate of drug-likeness (QED) is 0.925. The maximum absolute atomic E-state index is 13.0. The number of carbonyl (C=O) groups excluding carboxylic acids is 1. The molecule has 0 saturated heterocycles. The van der Waals surface area contributed by atoms with Crippen molar-refractivity contribution < 1.29 is 9.18 Å². The summed E-state index contributed by atoms with van der Waals surface area (Å²) in [5, 5.41) is 5.80. The minimum absolute atomic E-state index is 0.00337. The first-order valence-corrected chi connectivity index (χ1v) is 6.68. The first kappa shape index (κ1) is 15.8. The molecular weight excluding hydrogens is 344 g/mol. The fourth-order valence-electron chi connectivity index (χ4n) is 1.47. The molecule has 1 heterocycles. The second-order valence-electron chi connectivity index (χ2n) is 3.95. The van der Waals surface area contributed by atoms with Crippen molar-refractivity contribution in [2.24, 2.45) is 0 Å². The Kier molecular flexibility index (Phi) is 4.82. The topological polar surface area (TPSA) is 64.0 Å². The van der Waals surface area contributed by atoms with Gasteiger partial charge < -0.3 is 5.32 Å². The number of carbonyl (C=O) groups is 1. The number of aromatic nitrogens is 2. The second kappa shape index (κ2) is 6.43. The standard InChI is InChI=1S/C12H7Cl3FN3O2/c13-7-3-6(1-2-9(7)16)18-10(20)5-19-12(21)11(15)8(14)4-17-19/h1-4H,5H2,(H,18,20). The van der Waals surface area contributed by atoms with E-state index in [2.05, 4.69) is 10.4 Å². The normalized spacial score (nSPS) is 10.5. The number of nitrogens with one attached hydrogen (secondary N) is 1. The Balaban J connectivity index is 2.14. The summed E-state index contributed by atoms with van der Waals surface area (Å²) >= 11 is 16.9. The number of rotatable bonds is 3. The number of nitrogens with zero attached hydrogens (tertiary/aromatic N) is 2. The molecule has 0 atom stereocenters. The van der Waals surface area contributed by atoms with Crippen LogP contribution in [-0.2, 0) is 11.3 Å². The molecule has 0 aliphatic heterocycles. The lowest BCUT2D eigenvalue weighted by Gasteiger charge is -2.07. The van der Waals surface area contributed by atoms with Crippen LogP contribution in [0.5, 0.6) is 0 Å². The minimum Gasteiger partial charge on any atom is -0.324 e. The van der Waals surface area contributed by atoms with E-state index in [1.54, 1.807) is 0 Å². The summed E-state index contributed by atoms with van der Waals surface area (Å²) < 4.78 is 13.8. The number of hydrogen-bond donors (Lipinski definition) is 1. The van der Waals surface area contributed by atoms with Crippen molar-refractivity contribution >= 4 is 46.4 Å². The molecule has 5 nitrogen and oxygen atoms in total. The molecule has 0 radical (unpaired) electrons. The summed E-state index contributed by atoms with van der Waals surface area (Å²) in [6, 6.07) is 3.70. The Morgan fingerprint density at radius 2 is 2.00 bits per heavy atom. The van der Waals surface area contributed by atoms with Gasteiger partial charge in [0.15, 0.2) is 0 Å². The van der Waals surface area contributed by atoms with Crippen LogP contribution in [0, 0.1) is 5.82 Å². The van der Waals surface area contributed by atoms with E-state index in [4.69, 9.17) is 34.8 Å². The second-order valence-corrected chi connectivity index (χ2v) is 5.14. The number of amides is 1. The monoisotopic (exact) mass is 349 g/mol. The average molecular weight is 351 g/mol. The smallest absolute Gasteiger partial charge is 0.287 e. The highest BCUT2D eigenvalue weighted by Crippen LogP contribution is 2.19. The molecule has 1 aromatic carbocycles. The Morgan fingerprint density at radius 1 is 1.29 bits per heavy atom. The fourth-order valence-corrected chi connectivity index (χ4v) is 1.92. The van der Waals surface area contributed by atoms with E-state index in [1.807, 2.05) is 0 Å². The SMILES string of the molecule is O=C(Cn1ncc(Cl)c(Cl)c1=O)Nc1ccc(F)c(Cl)c1. The third-order valence-electron chi connectivity index (χ3n) is 2.44. The molecule has 1 N–H and O–H groups in total. The van der Waals surface area contributed by atoms with Gasteiger partial charge in [-0.1, -0.05) is 34.8 Å². The largest absolute Gasteiger partial charge is 0.324 e. The lowest BCUT2D eigenvalue weighted by Crippen LogP contribution is -2.29. The van der Waals surface area contributed by atoms with Gasteiger partial charge in [0.25, 0.3) is 5.56 Å². The van der Waals surface area contributed by atoms with Gasteiger partial charge in [-0.05, 0) is 18.2 Å². The van der Waals surface area contributed by atoms with E-state index in [9.17, 15) is 14.0 Å². The Bertz CT molecular complexity index is 764. The molecule has 1 amide bonds. The zero-order chi connectivity index (χ0) is 15.6. The molecule has 0 fully saturated rings. The third kappa shape index (κ3) is 3.72. The van der Waals surface area contributed by atoms with E-state index in [0.29, 0.717) is 5.69 Å². The van der Waals surface area contributed by atoms with Crippen LogP contribution in [0.25, 0.3) is 0 Å². The summed E-state index contributed by atoms with van der Waals surface area (Å²) in [4.78, 5) is 23.5. The lowest BCUT2D eigenvalue weighted by atomic mass is 10.3. The molecule has 0 spiro atoms. The molecule has 110 valence electrons. The first-order valence-electron chi connectivity index (χ1n) is 5.54. The highest BCUT2D eigenvalue weighted by molar-refractivity contribution is 6.41. The van der Waals surface area contributed by atoms with Gasteiger partial charge in [-0.25, -0.2) is 9.07 Å². The van der Waals surface area contributed by atoms with Gasteiger partial charge in [0.05, 0.1) is 16.2 Å². The summed E-state index contributed by atoms with van der Waals surface area (Å²) in [6.45, 7) is -0.370. The average Bonchev–Trinajstić information content (AvgIpc) is 2.44. The van der Waals surface area contributed by atoms with Crippen molar-refractivity contribution in [3.05, 3.63) is 55.6 Å². The van der Waals surface area contributed by atoms with Crippen molar-refractivity contribution in [1.82, 2.24) is 9.78 Å². The van der Waals surface area contributed by atoms with Gasteiger partial charge in [-0.15, -0.1) is 0 Å². The van der Waals surface area contributed by atoms with E-state index < -0.39 is 17.3 Å². The fraction of sp³-hybridized carbons (Fsp3) is 0.0833. The number of benzene rings is 1. The van der Waals surface area contributed by atoms with Crippen LogP contribution in [0.1, 0.15) is 0 Å². The Hall–Kier alpha value is -1.63. The van der Waals surface area contributed by atoms with Crippen molar-refractivity contribution in [3.63, 3.8) is 0 Å². The van der Waals surface area contributed by atoms with Crippen LogP contribution in [0.2, 0.25) is 15.1 Å². The molecule has 21 heavy (non-hydrogen) atoms. The summed E-state index contributed by atoms with van der Waals surface area (Å²) in [5.74, 6) is -1.15. The van der Waals surface area contributed by atoms with Gasteiger partial charge in [0.1, 0.15) is 17.4 Å². The molecular formula is C12H7Cl3FN3O2. The molecule has 0 unspecified atom stereocenters. The minimum atomic E-state index is -0.684. The number of hydrogen-bond acceptors (Lipinski definition) is 3. The summed E-state index contributed by atoms with van der Waals surface area (Å²) in [6.07, 6.45) is 1.16. The van der Waals surface area contributed by atoms with Crippen molar-refractivity contribution in [2.45, 2.75) is 6.54 Å². The Morgan fingerprint density at radius 3 is 2.67 bits per heavy atom. The van der Waals surface area contributed by atoms with Crippen LogP contribution >= 0.6 is 34.8 Å². The van der Waals surface area contributed by atoms with Gasteiger partial charge in [-0.2, -0.15) is 5.10 Å². The highest BCUT2D eigenvalue weighted by Gasteiger charge is 2.11. The van der Waals surface area contributed by atoms with Crippen molar-refractivity contribution in [3.8, 4) is 0 Å². The van der Waals surface area contributed by atoms with Gasteiger partial charge in [0.2, 0.25) is 5.91 Å². The zero-order valence-corrected chi connectivity index (χ0v) is 12.5. The van der Waals surface area contributed by atoms with Gasteiger partial charge in [0, 0.05) is 5.69 Å². The molecule has 0 aliphatic rings. The summed E-state index contributed by atoms with van der Waals surface area (Å²) in [5.41, 5.74) is -0.393. The summed E-state index contributed by atoms with van der Waals surface area (Å²) in [7, 11) is 0. The maximum Gasteiger partial charge on any atom is 0.287 e. The first-order chi connectivity index (χ1) is 9.88. The lowest BCUT2D eigenvalue weighted by molar-refractivity contribution is -0.117. The number of anilines is 1. The van der Waals surface area contributed by atoms with Crippen LogP contribution < -0.4 is 10.9 Å². The van der Waals surface area contributed by atoms with E-state index >= 15 is 0 Å². The molecule has 9 heteroatoms.